The fraction of sp³-hybridized carbons (Fsp3) is 0.576. The van der Waals surface area contributed by atoms with Gasteiger partial charge in [-0.2, -0.15) is 0 Å². The lowest BCUT2D eigenvalue weighted by molar-refractivity contribution is -0.141. The summed E-state index contributed by atoms with van der Waals surface area (Å²) in [7, 11) is 2.32. The lowest BCUT2D eigenvalue weighted by atomic mass is 9.58. The van der Waals surface area contributed by atoms with E-state index < -0.39 is 0 Å². The third-order valence-electron chi connectivity index (χ3n) is 11.2. The SMILES string of the molecule is CC(C)N(C)[C@@H]1CCC2=CC3=CC[C@]4(C)C(c5ccc6ccccc6c5)CC[C@H]4C34CC[C@]2(C1)O4. The predicted octanol–water partition coefficient (Wildman–Crippen LogP) is 7.79. The van der Waals surface area contributed by atoms with Crippen LogP contribution >= 0.6 is 0 Å². The number of allylic oxidation sites excluding steroid dienone is 1. The molecule has 35 heavy (non-hydrogen) atoms. The van der Waals surface area contributed by atoms with Crippen molar-refractivity contribution in [3.63, 3.8) is 0 Å². The van der Waals surface area contributed by atoms with E-state index in [9.17, 15) is 0 Å². The molecule has 3 fully saturated rings. The van der Waals surface area contributed by atoms with Gasteiger partial charge in [0.1, 0.15) is 0 Å². The van der Waals surface area contributed by atoms with Crippen molar-refractivity contribution in [2.24, 2.45) is 11.3 Å². The van der Waals surface area contributed by atoms with E-state index in [0.717, 1.165) is 0 Å². The Kier molecular flexibility index (Phi) is 4.82. The van der Waals surface area contributed by atoms with Crippen molar-refractivity contribution in [2.75, 3.05) is 7.05 Å². The zero-order valence-corrected chi connectivity index (χ0v) is 22.0. The van der Waals surface area contributed by atoms with Crippen molar-refractivity contribution >= 4 is 10.8 Å². The van der Waals surface area contributed by atoms with Crippen LogP contribution in [-0.2, 0) is 4.74 Å². The lowest BCUT2D eigenvalue weighted by Crippen LogP contribution is -2.55. The zero-order valence-electron chi connectivity index (χ0n) is 22.0. The van der Waals surface area contributed by atoms with E-state index >= 15 is 0 Å². The number of ether oxygens (including phenoxy) is 1. The van der Waals surface area contributed by atoms with Crippen LogP contribution in [0.25, 0.3) is 10.8 Å². The van der Waals surface area contributed by atoms with Gasteiger partial charge < -0.3 is 9.64 Å². The minimum atomic E-state index is -0.0552. The average Bonchev–Trinajstić information content (AvgIpc) is 3.38. The Labute approximate surface area is 211 Å². The highest BCUT2D eigenvalue weighted by Crippen LogP contribution is 2.69. The Morgan fingerprint density at radius 1 is 1.00 bits per heavy atom. The van der Waals surface area contributed by atoms with Crippen molar-refractivity contribution in [3.05, 3.63) is 71.3 Å². The third kappa shape index (κ3) is 3.02. The van der Waals surface area contributed by atoms with Crippen LogP contribution in [0.1, 0.15) is 83.6 Å². The summed E-state index contributed by atoms with van der Waals surface area (Å²) in [5.41, 5.74) is 4.89. The number of hydrogen-bond acceptors (Lipinski definition) is 2. The molecule has 3 aliphatic carbocycles. The molecule has 6 atom stereocenters. The highest BCUT2D eigenvalue weighted by atomic mass is 16.5. The minimum Gasteiger partial charge on any atom is -0.359 e. The summed E-state index contributed by atoms with van der Waals surface area (Å²) < 4.78 is 7.51. The first-order valence-corrected chi connectivity index (χ1v) is 14.2. The smallest absolute Gasteiger partial charge is 0.0974 e. The number of rotatable bonds is 3. The van der Waals surface area contributed by atoms with E-state index in [1.54, 1.807) is 5.57 Å². The van der Waals surface area contributed by atoms with Crippen LogP contribution in [0.15, 0.2) is 65.8 Å². The molecule has 1 saturated heterocycles. The van der Waals surface area contributed by atoms with Crippen LogP contribution in [0.4, 0.5) is 0 Å². The summed E-state index contributed by atoms with van der Waals surface area (Å²) in [5, 5.41) is 2.73. The number of nitrogens with zero attached hydrogens (tertiary/aromatic N) is 1. The molecule has 2 bridgehead atoms. The largest absolute Gasteiger partial charge is 0.359 e. The molecule has 2 aliphatic heterocycles. The van der Waals surface area contributed by atoms with Gasteiger partial charge in [0.15, 0.2) is 0 Å². The first-order chi connectivity index (χ1) is 16.8. The van der Waals surface area contributed by atoms with Crippen LogP contribution in [0.2, 0.25) is 0 Å². The number of benzene rings is 2. The molecule has 184 valence electrons. The maximum atomic E-state index is 7.51. The zero-order chi connectivity index (χ0) is 24.0. The fourth-order valence-corrected chi connectivity index (χ4v) is 9.12. The summed E-state index contributed by atoms with van der Waals surface area (Å²) in [5.74, 6) is 1.23. The molecule has 7 rings (SSSR count). The molecule has 2 heteroatoms. The van der Waals surface area contributed by atoms with Gasteiger partial charge in [-0.3, -0.25) is 0 Å². The molecule has 2 nitrogen and oxygen atoms in total. The van der Waals surface area contributed by atoms with Crippen molar-refractivity contribution in [1.82, 2.24) is 4.90 Å². The summed E-state index contributed by atoms with van der Waals surface area (Å²) >= 11 is 0. The molecule has 0 N–H and O–H groups in total. The third-order valence-corrected chi connectivity index (χ3v) is 11.2. The van der Waals surface area contributed by atoms with Gasteiger partial charge in [-0.25, -0.2) is 0 Å². The Morgan fingerprint density at radius 3 is 2.66 bits per heavy atom. The molecule has 2 spiro atoms. The van der Waals surface area contributed by atoms with E-state index in [4.69, 9.17) is 4.74 Å². The van der Waals surface area contributed by atoms with E-state index in [2.05, 4.69) is 87.3 Å². The van der Waals surface area contributed by atoms with Crippen LogP contribution in [0.5, 0.6) is 0 Å². The highest BCUT2D eigenvalue weighted by molar-refractivity contribution is 5.83. The number of fused-ring (bicyclic) bond motifs is 2. The number of hydrogen-bond donors (Lipinski definition) is 0. The van der Waals surface area contributed by atoms with Crippen molar-refractivity contribution in [2.45, 2.75) is 101 Å². The van der Waals surface area contributed by atoms with Gasteiger partial charge in [-0.15, -0.1) is 0 Å². The molecule has 0 radical (unpaired) electrons. The second-order valence-corrected chi connectivity index (χ2v) is 13.0. The summed E-state index contributed by atoms with van der Waals surface area (Å²) in [6, 6.07) is 17.3. The minimum absolute atomic E-state index is 0.0112. The Balaban J connectivity index is 1.25. The molecule has 2 unspecified atom stereocenters. The second kappa shape index (κ2) is 7.56. The van der Waals surface area contributed by atoms with Crippen LogP contribution in [0, 0.1) is 11.3 Å². The average molecular weight is 468 g/mol. The summed E-state index contributed by atoms with van der Waals surface area (Å²) in [6.45, 7) is 7.26. The van der Waals surface area contributed by atoms with Gasteiger partial charge in [0.25, 0.3) is 0 Å². The van der Waals surface area contributed by atoms with Gasteiger partial charge in [-0.1, -0.05) is 61.5 Å². The summed E-state index contributed by atoms with van der Waals surface area (Å²) in [6.07, 6.45) is 15.1. The van der Waals surface area contributed by atoms with Gasteiger partial charge in [0, 0.05) is 12.1 Å². The fourth-order valence-electron chi connectivity index (χ4n) is 9.12. The molecule has 2 aromatic carbocycles. The van der Waals surface area contributed by atoms with Gasteiger partial charge in [-0.05, 0) is 117 Å². The second-order valence-electron chi connectivity index (χ2n) is 13.0. The maximum Gasteiger partial charge on any atom is 0.0974 e. The standard InChI is InChI=1S/C33H41NO/c1-22(2)34(4)28-12-11-26-20-27-15-16-31(3)29(25-10-9-23-7-5-6-8-24(23)19-25)13-14-30(31)33(27)18-17-32(26,21-28)35-33/h5-10,15,19-20,22,28-30H,11-14,16-18,21H2,1-4H3/t28-,29?,30-,31-,32-,33?/m1/s1. The molecule has 0 aromatic heterocycles. The quantitative estimate of drug-likeness (QED) is 0.457. The van der Waals surface area contributed by atoms with E-state index in [1.807, 2.05) is 0 Å². The monoisotopic (exact) mass is 467 g/mol. The Morgan fingerprint density at radius 2 is 1.83 bits per heavy atom. The first-order valence-electron chi connectivity index (χ1n) is 14.2. The predicted molar refractivity (Wildman–Crippen MR) is 145 cm³/mol. The van der Waals surface area contributed by atoms with Crippen LogP contribution in [0.3, 0.4) is 0 Å². The molecular weight excluding hydrogens is 426 g/mol. The van der Waals surface area contributed by atoms with Crippen LogP contribution in [-0.4, -0.2) is 35.2 Å². The van der Waals surface area contributed by atoms with Crippen molar-refractivity contribution in [1.29, 1.82) is 0 Å². The molecule has 0 amide bonds. The Hall–Kier alpha value is -1.90. The molecule has 2 aromatic rings. The van der Waals surface area contributed by atoms with Crippen molar-refractivity contribution in [3.8, 4) is 0 Å². The highest BCUT2D eigenvalue weighted by Gasteiger charge is 2.66. The molecule has 2 heterocycles. The lowest BCUT2D eigenvalue weighted by Gasteiger charge is -2.55. The maximum absolute atomic E-state index is 7.51. The topological polar surface area (TPSA) is 12.5 Å². The van der Waals surface area contributed by atoms with E-state index in [0.29, 0.717) is 23.9 Å². The van der Waals surface area contributed by atoms with E-state index in [-0.39, 0.29) is 16.6 Å². The van der Waals surface area contributed by atoms with Gasteiger partial charge in [0.05, 0.1) is 11.2 Å². The Bertz CT molecular complexity index is 1240. The van der Waals surface area contributed by atoms with E-state index in [1.165, 1.54) is 73.3 Å². The van der Waals surface area contributed by atoms with Crippen molar-refractivity contribution < 1.29 is 4.74 Å². The molecule has 5 aliphatic rings. The van der Waals surface area contributed by atoms with Gasteiger partial charge in [0.2, 0.25) is 0 Å². The molecular formula is C33H41NO. The molecule has 2 saturated carbocycles. The first kappa shape index (κ1) is 22.3. The normalized spacial score (nSPS) is 39.9. The van der Waals surface area contributed by atoms with Gasteiger partial charge >= 0.3 is 0 Å². The summed E-state index contributed by atoms with van der Waals surface area (Å²) in [4.78, 5) is 2.60. The van der Waals surface area contributed by atoms with Crippen LogP contribution < -0.4 is 0 Å².